The predicted octanol–water partition coefficient (Wildman–Crippen LogP) is 4.70. The Morgan fingerprint density at radius 2 is 1.44 bits per heavy atom. The molecule has 0 aromatic heterocycles. The van der Waals surface area contributed by atoms with E-state index in [1.807, 2.05) is 13.0 Å². The number of aliphatic hydroxyl groups excluding tert-OH is 2. The Kier molecular flexibility index (Phi) is 5.93. The van der Waals surface area contributed by atoms with Gasteiger partial charge in [-0.3, -0.25) is 9.59 Å². The fourth-order valence-electron chi connectivity index (χ4n) is 2.27. The monoisotopic (exact) mass is 400 g/mol. The molecule has 25 heavy (non-hydrogen) atoms. The van der Waals surface area contributed by atoms with Gasteiger partial charge in [0.15, 0.2) is 0 Å². The molecule has 0 saturated heterocycles. The van der Waals surface area contributed by atoms with E-state index in [1.54, 1.807) is 43.3 Å². The van der Waals surface area contributed by atoms with Crippen LogP contribution in [0.25, 0.3) is 11.5 Å². The minimum atomic E-state index is -0.920. The van der Waals surface area contributed by atoms with Gasteiger partial charge in [0.1, 0.15) is 11.5 Å². The second-order valence-corrected chi connectivity index (χ2v) is 6.53. The van der Waals surface area contributed by atoms with Crippen molar-refractivity contribution < 1.29 is 19.8 Å². The summed E-state index contributed by atoms with van der Waals surface area (Å²) in [5, 5.41) is 20.0. The van der Waals surface area contributed by atoms with Gasteiger partial charge in [-0.15, -0.1) is 0 Å². The summed E-state index contributed by atoms with van der Waals surface area (Å²) in [6.45, 7) is 3.72. The number of halogens is 1. The molecular weight excluding hydrogens is 384 g/mol. The highest BCUT2D eigenvalue weighted by atomic mass is 79.9. The Labute approximate surface area is 154 Å². The summed E-state index contributed by atoms with van der Waals surface area (Å²) >= 11 is 3.27. The molecule has 0 atom stereocenters. The molecule has 5 heteroatoms. The molecule has 0 saturated carbocycles. The van der Waals surface area contributed by atoms with Crippen molar-refractivity contribution >= 4 is 39.0 Å². The minimum absolute atomic E-state index is 0.285. The number of hydrogen-bond donors (Lipinski definition) is 2. The summed E-state index contributed by atoms with van der Waals surface area (Å²) in [4.78, 5) is 23.9. The summed E-state index contributed by atoms with van der Waals surface area (Å²) in [6.07, 6.45) is 1.71. The number of carbonyl (C=O) groups excluding carboxylic acids is 2. The first-order chi connectivity index (χ1) is 11.8. The van der Waals surface area contributed by atoms with Crippen LogP contribution in [0.15, 0.2) is 59.1 Å². The van der Waals surface area contributed by atoms with Crippen molar-refractivity contribution in [3.8, 4) is 0 Å². The van der Waals surface area contributed by atoms with Crippen molar-refractivity contribution in [1.82, 2.24) is 0 Å². The van der Waals surface area contributed by atoms with Crippen LogP contribution in [-0.2, 0) is 9.59 Å². The molecule has 0 bridgehead atoms. The lowest BCUT2D eigenvalue weighted by Crippen LogP contribution is -2.09. The number of aliphatic hydroxyl groups is 2. The van der Waals surface area contributed by atoms with Crippen molar-refractivity contribution in [3.05, 3.63) is 81.3 Å². The van der Waals surface area contributed by atoms with Crippen molar-refractivity contribution in [2.75, 3.05) is 0 Å². The second kappa shape index (κ2) is 7.94. The molecule has 0 unspecified atom stereocenters. The highest BCUT2D eigenvalue weighted by Gasteiger charge is 2.13. The Morgan fingerprint density at radius 3 is 2.00 bits per heavy atom. The number of ketones is 2. The largest absolute Gasteiger partial charge is 0.507 e. The Hall–Kier alpha value is -2.66. The zero-order valence-corrected chi connectivity index (χ0v) is 15.4. The van der Waals surface area contributed by atoms with E-state index in [0.29, 0.717) is 11.1 Å². The normalized spacial score (nSPS) is 12.1. The maximum Gasteiger partial charge on any atom is 0.229 e. The number of allylic oxidation sites excluding steroid dienone is 2. The molecule has 0 radical (unpaired) electrons. The molecule has 2 rings (SSSR count). The number of hydrogen-bond acceptors (Lipinski definition) is 4. The van der Waals surface area contributed by atoms with Gasteiger partial charge in [-0.25, -0.2) is 0 Å². The lowest BCUT2D eigenvalue weighted by Gasteiger charge is -2.05. The zero-order valence-electron chi connectivity index (χ0n) is 13.8. The Morgan fingerprint density at radius 1 is 0.880 bits per heavy atom. The van der Waals surface area contributed by atoms with Crippen molar-refractivity contribution in [3.63, 3.8) is 0 Å². The summed E-state index contributed by atoms with van der Waals surface area (Å²) in [6, 6.07) is 12.0. The summed E-state index contributed by atoms with van der Waals surface area (Å²) in [7, 11) is 0. The van der Waals surface area contributed by atoms with Gasteiger partial charge >= 0.3 is 0 Å². The van der Waals surface area contributed by atoms with E-state index in [9.17, 15) is 19.8 Å². The summed E-state index contributed by atoms with van der Waals surface area (Å²) < 4.78 is 0.827. The molecule has 0 heterocycles. The van der Waals surface area contributed by atoms with E-state index < -0.39 is 11.6 Å². The van der Waals surface area contributed by atoms with Gasteiger partial charge in [0, 0.05) is 27.8 Å². The van der Waals surface area contributed by atoms with Gasteiger partial charge in [-0.2, -0.15) is 0 Å². The first-order valence-corrected chi connectivity index (χ1v) is 8.30. The number of carbonyl (C=O) groups is 2. The Bertz CT molecular complexity index is 877. The van der Waals surface area contributed by atoms with Gasteiger partial charge in [-0.1, -0.05) is 51.8 Å². The van der Waals surface area contributed by atoms with E-state index >= 15 is 0 Å². The fraction of sp³-hybridized carbons (Fsp3) is 0.100. The van der Waals surface area contributed by atoms with Crippen LogP contribution < -0.4 is 0 Å². The molecule has 0 aliphatic rings. The fourth-order valence-corrected chi connectivity index (χ4v) is 2.54. The number of aryl methyl sites for hydroxylation is 2. The van der Waals surface area contributed by atoms with Crippen LogP contribution >= 0.6 is 15.9 Å². The van der Waals surface area contributed by atoms with Gasteiger partial charge in [0.2, 0.25) is 11.6 Å². The van der Waals surface area contributed by atoms with Gasteiger partial charge in [-0.05, 0) is 31.5 Å². The van der Waals surface area contributed by atoms with Crippen LogP contribution in [0.5, 0.6) is 0 Å². The number of rotatable bonds is 5. The van der Waals surface area contributed by atoms with E-state index in [4.69, 9.17) is 0 Å². The van der Waals surface area contributed by atoms with Crippen molar-refractivity contribution in [2.45, 2.75) is 13.8 Å². The first kappa shape index (κ1) is 18.7. The molecule has 2 aromatic rings. The van der Waals surface area contributed by atoms with Crippen LogP contribution in [-0.4, -0.2) is 21.8 Å². The molecule has 4 nitrogen and oxygen atoms in total. The van der Waals surface area contributed by atoms with Crippen LogP contribution in [0.2, 0.25) is 0 Å². The quantitative estimate of drug-likeness (QED) is 0.433. The predicted molar refractivity (Wildman–Crippen MR) is 101 cm³/mol. The van der Waals surface area contributed by atoms with E-state index in [2.05, 4.69) is 15.9 Å². The third-order valence-electron chi connectivity index (χ3n) is 3.58. The molecule has 0 aliphatic carbocycles. The third kappa shape index (κ3) is 4.90. The maximum absolute atomic E-state index is 12.0. The lowest BCUT2D eigenvalue weighted by molar-refractivity contribution is -0.130. The van der Waals surface area contributed by atoms with E-state index in [1.165, 1.54) is 0 Å². The topological polar surface area (TPSA) is 74.6 Å². The first-order valence-electron chi connectivity index (χ1n) is 7.51. The smallest absolute Gasteiger partial charge is 0.229 e. The van der Waals surface area contributed by atoms with Crippen molar-refractivity contribution in [1.29, 1.82) is 0 Å². The Balaban J connectivity index is 2.20. The van der Waals surface area contributed by atoms with E-state index in [-0.39, 0.29) is 11.5 Å². The lowest BCUT2D eigenvalue weighted by atomic mass is 10.0. The highest BCUT2D eigenvalue weighted by molar-refractivity contribution is 9.10. The van der Waals surface area contributed by atoms with Crippen molar-refractivity contribution in [2.24, 2.45) is 0 Å². The van der Waals surface area contributed by atoms with Crippen LogP contribution in [0.1, 0.15) is 22.3 Å². The van der Waals surface area contributed by atoms with Gasteiger partial charge in [0.05, 0.1) is 0 Å². The minimum Gasteiger partial charge on any atom is -0.507 e. The van der Waals surface area contributed by atoms with Crippen LogP contribution in [0.4, 0.5) is 0 Å². The zero-order chi connectivity index (χ0) is 18.6. The van der Waals surface area contributed by atoms with Crippen LogP contribution in [0, 0.1) is 13.8 Å². The molecular formula is C20H17BrO4. The van der Waals surface area contributed by atoms with Crippen LogP contribution in [0.3, 0.4) is 0 Å². The third-order valence-corrected chi connectivity index (χ3v) is 4.10. The molecule has 2 N–H and O–H groups in total. The molecule has 2 aromatic carbocycles. The maximum atomic E-state index is 12.0. The van der Waals surface area contributed by atoms with E-state index in [0.717, 1.165) is 27.8 Å². The SMILES string of the molecule is Cc1ccc(/C(O)=C/C(=O)C(=O)/C=C(\O)c2ccc(Br)cc2)c(C)c1. The number of benzene rings is 2. The average molecular weight is 401 g/mol. The summed E-state index contributed by atoms with van der Waals surface area (Å²) in [5.41, 5.74) is 2.71. The molecule has 0 aliphatic heterocycles. The molecule has 0 spiro atoms. The molecule has 0 amide bonds. The standard InChI is InChI=1S/C20H17BrO4/c1-12-3-8-16(13(2)9-12)18(23)11-20(25)19(24)10-17(22)14-4-6-15(21)7-5-14/h3-11,22-23H,1-2H3/b17-10-,18-11-. The molecule has 0 fully saturated rings. The van der Waals surface area contributed by atoms with Gasteiger partial charge in [0.25, 0.3) is 0 Å². The summed E-state index contributed by atoms with van der Waals surface area (Å²) in [5.74, 6) is -2.43. The van der Waals surface area contributed by atoms with Gasteiger partial charge < -0.3 is 10.2 Å². The second-order valence-electron chi connectivity index (χ2n) is 5.61. The molecule has 128 valence electrons. The average Bonchev–Trinajstić information content (AvgIpc) is 2.55. The highest BCUT2D eigenvalue weighted by Crippen LogP contribution is 2.19.